The van der Waals surface area contributed by atoms with Crippen LogP contribution in [0.25, 0.3) is 0 Å². The normalized spacial score (nSPS) is 12.2. The van der Waals surface area contributed by atoms with E-state index in [0.29, 0.717) is 12.2 Å². The lowest BCUT2D eigenvalue weighted by atomic mass is 9.93. The SMILES string of the molecule is CCNc1ccncc1S(=O)(=O)NCC(C)(C)C(N)=O. The molecule has 20 heavy (non-hydrogen) atoms. The van der Waals surface area contributed by atoms with E-state index < -0.39 is 21.3 Å². The molecule has 0 fully saturated rings. The third-order valence-corrected chi connectivity index (χ3v) is 4.24. The van der Waals surface area contributed by atoms with Gasteiger partial charge in [-0.25, -0.2) is 13.1 Å². The van der Waals surface area contributed by atoms with Gasteiger partial charge in [0, 0.05) is 25.5 Å². The largest absolute Gasteiger partial charge is 0.384 e. The summed E-state index contributed by atoms with van der Waals surface area (Å²) in [5, 5.41) is 2.95. The van der Waals surface area contributed by atoms with Crippen molar-refractivity contribution in [3.8, 4) is 0 Å². The average Bonchev–Trinajstić information content (AvgIpc) is 2.37. The number of rotatable bonds is 7. The van der Waals surface area contributed by atoms with Crippen LogP contribution in [0.5, 0.6) is 0 Å². The second-order valence-corrected chi connectivity index (χ2v) is 6.71. The van der Waals surface area contributed by atoms with Crippen LogP contribution < -0.4 is 15.8 Å². The molecule has 0 radical (unpaired) electrons. The Morgan fingerprint density at radius 3 is 2.65 bits per heavy atom. The first-order valence-corrected chi connectivity index (χ1v) is 7.66. The molecule has 7 nitrogen and oxygen atoms in total. The van der Waals surface area contributed by atoms with Gasteiger partial charge in [-0.15, -0.1) is 0 Å². The van der Waals surface area contributed by atoms with Crippen molar-refractivity contribution in [1.82, 2.24) is 9.71 Å². The van der Waals surface area contributed by atoms with Crippen molar-refractivity contribution in [1.29, 1.82) is 0 Å². The summed E-state index contributed by atoms with van der Waals surface area (Å²) in [4.78, 5) is 15.1. The Kier molecular flexibility index (Phi) is 5.07. The van der Waals surface area contributed by atoms with Gasteiger partial charge in [0.2, 0.25) is 15.9 Å². The van der Waals surface area contributed by atoms with Crippen molar-refractivity contribution in [3.05, 3.63) is 18.5 Å². The molecule has 0 unspecified atom stereocenters. The number of aromatic nitrogens is 1. The summed E-state index contributed by atoms with van der Waals surface area (Å²) in [6.07, 6.45) is 2.77. The number of nitrogens with two attached hydrogens (primary N) is 1. The van der Waals surface area contributed by atoms with Crippen LogP contribution in [-0.4, -0.2) is 32.4 Å². The molecule has 0 aliphatic heterocycles. The second kappa shape index (κ2) is 6.19. The molecule has 0 atom stereocenters. The zero-order chi connectivity index (χ0) is 15.4. The molecule has 0 spiro atoms. The number of nitrogens with one attached hydrogen (secondary N) is 2. The van der Waals surface area contributed by atoms with E-state index in [2.05, 4.69) is 15.0 Å². The van der Waals surface area contributed by atoms with E-state index in [1.165, 1.54) is 12.4 Å². The first-order valence-electron chi connectivity index (χ1n) is 6.18. The van der Waals surface area contributed by atoms with Gasteiger partial charge in [0.1, 0.15) is 4.90 Å². The van der Waals surface area contributed by atoms with E-state index >= 15 is 0 Å². The molecule has 4 N–H and O–H groups in total. The van der Waals surface area contributed by atoms with Gasteiger partial charge >= 0.3 is 0 Å². The van der Waals surface area contributed by atoms with Gasteiger partial charge in [0.15, 0.2) is 0 Å². The molecule has 1 rings (SSSR count). The standard InChI is InChI=1S/C12H20N4O3S/c1-4-15-9-5-6-14-7-10(9)20(18,19)16-8-12(2,3)11(13)17/h5-7,16H,4,8H2,1-3H3,(H2,13,17)(H,14,15). The number of carbonyl (C=O) groups is 1. The zero-order valence-electron chi connectivity index (χ0n) is 11.8. The van der Waals surface area contributed by atoms with Gasteiger partial charge in [-0.1, -0.05) is 0 Å². The molecule has 0 bridgehead atoms. The van der Waals surface area contributed by atoms with Crippen molar-refractivity contribution in [2.45, 2.75) is 25.7 Å². The third kappa shape index (κ3) is 3.91. The number of carbonyl (C=O) groups excluding carboxylic acids is 1. The van der Waals surface area contributed by atoms with E-state index in [9.17, 15) is 13.2 Å². The Morgan fingerprint density at radius 1 is 1.45 bits per heavy atom. The minimum absolute atomic E-state index is 0.0436. The molecule has 0 aliphatic carbocycles. The van der Waals surface area contributed by atoms with Crippen molar-refractivity contribution in [2.24, 2.45) is 11.1 Å². The van der Waals surface area contributed by atoms with Crippen LogP contribution in [0.4, 0.5) is 5.69 Å². The maximum atomic E-state index is 12.3. The number of hydrogen-bond donors (Lipinski definition) is 3. The highest BCUT2D eigenvalue weighted by Gasteiger charge is 2.28. The van der Waals surface area contributed by atoms with Crippen LogP contribution in [0.2, 0.25) is 0 Å². The first kappa shape index (κ1) is 16.4. The second-order valence-electron chi connectivity index (χ2n) is 4.97. The quantitative estimate of drug-likeness (QED) is 0.670. The molecule has 8 heteroatoms. The Bertz CT molecular complexity index is 584. The number of primary amides is 1. The van der Waals surface area contributed by atoms with Crippen LogP contribution in [0.1, 0.15) is 20.8 Å². The molecule has 1 aromatic rings. The van der Waals surface area contributed by atoms with Gasteiger partial charge in [-0.3, -0.25) is 9.78 Å². The van der Waals surface area contributed by atoms with Crippen LogP contribution in [0.15, 0.2) is 23.4 Å². The number of hydrogen-bond acceptors (Lipinski definition) is 5. The van der Waals surface area contributed by atoms with Crippen LogP contribution >= 0.6 is 0 Å². The van der Waals surface area contributed by atoms with Gasteiger partial charge in [-0.05, 0) is 26.8 Å². The molecule has 0 aliphatic rings. The number of pyridine rings is 1. The van der Waals surface area contributed by atoms with Gasteiger partial charge in [0.25, 0.3) is 0 Å². The lowest BCUT2D eigenvalue weighted by molar-refractivity contribution is -0.125. The Balaban J connectivity index is 2.98. The molecule has 0 saturated heterocycles. The summed E-state index contributed by atoms with van der Waals surface area (Å²) in [6, 6.07) is 1.58. The lowest BCUT2D eigenvalue weighted by Crippen LogP contribution is -2.42. The number of anilines is 1. The minimum atomic E-state index is -3.76. The Labute approximate surface area is 119 Å². The molecule has 0 saturated carbocycles. The highest BCUT2D eigenvalue weighted by atomic mass is 32.2. The van der Waals surface area contributed by atoms with E-state index in [0.717, 1.165) is 0 Å². The van der Waals surface area contributed by atoms with Crippen molar-refractivity contribution in [3.63, 3.8) is 0 Å². The zero-order valence-corrected chi connectivity index (χ0v) is 12.6. The summed E-state index contributed by atoms with van der Waals surface area (Å²) < 4.78 is 26.9. The average molecular weight is 300 g/mol. The maximum absolute atomic E-state index is 12.3. The fraction of sp³-hybridized carbons (Fsp3) is 0.500. The topological polar surface area (TPSA) is 114 Å². The predicted molar refractivity (Wildman–Crippen MR) is 76.6 cm³/mol. The highest BCUT2D eigenvalue weighted by molar-refractivity contribution is 7.89. The van der Waals surface area contributed by atoms with Gasteiger partial charge in [-0.2, -0.15) is 0 Å². The molecular weight excluding hydrogens is 280 g/mol. The summed E-state index contributed by atoms with van der Waals surface area (Å²) in [5.74, 6) is -0.571. The fourth-order valence-electron chi connectivity index (χ4n) is 1.37. The minimum Gasteiger partial charge on any atom is -0.384 e. The summed E-state index contributed by atoms with van der Waals surface area (Å²) in [5.41, 5.74) is 4.72. The van der Waals surface area contributed by atoms with Crippen LogP contribution in [0, 0.1) is 5.41 Å². The Morgan fingerprint density at radius 2 is 2.10 bits per heavy atom. The molecule has 1 aromatic heterocycles. The molecular formula is C12H20N4O3S. The van der Waals surface area contributed by atoms with E-state index in [1.54, 1.807) is 19.9 Å². The molecule has 1 amide bonds. The fourth-order valence-corrected chi connectivity index (χ4v) is 2.71. The summed E-state index contributed by atoms with van der Waals surface area (Å²) in [6.45, 7) is 5.52. The predicted octanol–water partition coefficient (Wildman–Crippen LogP) is 0.303. The van der Waals surface area contributed by atoms with Crippen molar-refractivity contribution >= 4 is 21.6 Å². The summed E-state index contributed by atoms with van der Waals surface area (Å²) in [7, 11) is -3.76. The highest BCUT2D eigenvalue weighted by Crippen LogP contribution is 2.20. The van der Waals surface area contributed by atoms with Gasteiger partial charge in [0.05, 0.1) is 11.1 Å². The summed E-state index contributed by atoms with van der Waals surface area (Å²) >= 11 is 0. The number of nitrogens with zero attached hydrogens (tertiary/aromatic N) is 1. The van der Waals surface area contributed by atoms with E-state index in [4.69, 9.17) is 5.73 Å². The molecule has 0 aromatic carbocycles. The number of amides is 1. The monoisotopic (exact) mass is 300 g/mol. The smallest absolute Gasteiger partial charge is 0.244 e. The lowest BCUT2D eigenvalue weighted by Gasteiger charge is -2.21. The van der Waals surface area contributed by atoms with Crippen molar-refractivity contribution in [2.75, 3.05) is 18.4 Å². The molecule has 112 valence electrons. The maximum Gasteiger partial charge on any atom is 0.244 e. The van der Waals surface area contributed by atoms with Crippen molar-refractivity contribution < 1.29 is 13.2 Å². The van der Waals surface area contributed by atoms with Crippen LogP contribution in [0.3, 0.4) is 0 Å². The number of sulfonamides is 1. The van der Waals surface area contributed by atoms with Crippen LogP contribution in [-0.2, 0) is 14.8 Å². The molecule has 1 heterocycles. The Hall–Kier alpha value is -1.67. The van der Waals surface area contributed by atoms with Gasteiger partial charge < -0.3 is 11.1 Å². The van der Waals surface area contributed by atoms with E-state index in [1.807, 2.05) is 6.92 Å². The first-order chi connectivity index (χ1) is 9.20. The third-order valence-electron chi connectivity index (χ3n) is 2.81. The van der Waals surface area contributed by atoms with E-state index in [-0.39, 0.29) is 11.4 Å².